The summed E-state index contributed by atoms with van der Waals surface area (Å²) >= 11 is 4.86. The standard InChI is InChI=1S/C28H25N2O5PS2/c1-34-27-19-25(35-36-37)18-17-22(27)20-29(23-11-5-2-6-12-23)28(31)21-30(24-13-7-3-8-14-24)38(32,33)26-15-9-4-10-16-26/h2-19H,20-21H2,1H3. The van der Waals surface area contributed by atoms with Gasteiger partial charge < -0.3 is 14.2 Å². The molecule has 4 aromatic carbocycles. The SMILES string of the molecule is COc1cc(OP=S)ccc1CN(C(=O)CN(c1ccccc1)S(=O)(=O)c1ccccc1)c1ccccc1. The topological polar surface area (TPSA) is 76.2 Å². The van der Waals surface area contributed by atoms with E-state index in [2.05, 4.69) is 0 Å². The van der Waals surface area contributed by atoms with Gasteiger partial charge in [-0.3, -0.25) is 9.10 Å². The van der Waals surface area contributed by atoms with Crippen molar-refractivity contribution in [3.05, 3.63) is 115 Å². The van der Waals surface area contributed by atoms with E-state index in [0.29, 0.717) is 30.5 Å². The lowest BCUT2D eigenvalue weighted by Gasteiger charge is -2.29. The van der Waals surface area contributed by atoms with Gasteiger partial charge >= 0.3 is 0 Å². The van der Waals surface area contributed by atoms with Crippen molar-refractivity contribution in [3.63, 3.8) is 0 Å². The Hall–Kier alpha value is -3.78. The number of anilines is 2. The van der Waals surface area contributed by atoms with Gasteiger partial charge in [0.2, 0.25) is 13.5 Å². The average molecular weight is 565 g/mol. The zero-order chi connectivity index (χ0) is 27.0. The minimum atomic E-state index is -4.03. The van der Waals surface area contributed by atoms with Crippen LogP contribution in [0, 0.1) is 0 Å². The van der Waals surface area contributed by atoms with Gasteiger partial charge in [0.1, 0.15) is 18.0 Å². The van der Waals surface area contributed by atoms with Gasteiger partial charge in [0.15, 0.2) is 0 Å². The number of hydrogen-bond donors (Lipinski definition) is 0. The lowest BCUT2D eigenvalue weighted by Crippen LogP contribution is -2.43. The Labute approximate surface area is 229 Å². The van der Waals surface area contributed by atoms with E-state index in [1.807, 2.05) is 18.2 Å². The number of nitrogens with zero attached hydrogens (tertiary/aromatic N) is 2. The van der Waals surface area contributed by atoms with E-state index in [9.17, 15) is 13.2 Å². The molecule has 0 aromatic heterocycles. The van der Waals surface area contributed by atoms with Gasteiger partial charge in [0, 0.05) is 17.3 Å². The summed E-state index contributed by atoms with van der Waals surface area (Å²) in [5, 5.41) is 0. The van der Waals surface area contributed by atoms with Crippen molar-refractivity contribution in [1.82, 2.24) is 0 Å². The Morgan fingerprint density at radius 2 is 1.42 bits per heavy atom. The van der Waals surface area contributed by atoms with Crippen LogP contribution in [0.25, 0.3) is 0 Å². The average Bonchev–Trinajstić information content (AvgIpc) is 2.96. The van der Waals surface area contributed by atoms with E-state index in [0.717, 1.165) is 9.87 Å². The number of benzene rings is 4. The van der Waals surface area contributed by atoms with Crippen LogP contribution in [-0.4, -0.2) is 28.0 Å². The van der Waals surface area contributed by atoms with E-state index in [-0.39, 0.29) is 11.4 Å². The number of carbonyl (C=O) groups excluding carboxylic acids is 1. The number of amides is 1. The smallest absolute Gasteiger partial charge is 0.264 e. The highest BCUT2D eigenvalue weighted by Crippen LogP contribution is 2.30. The number of para-hydroxylation sites is 2. The van der Waals surface area contributed by atoms with Crippen LogP contribution >= 0.6 is 7.58 Å². The second-order valence-corrected chi connectivity index (χ2v) is 10.8. The first-order valence-electron chi connectivity index (χ1n) is 11.6. The van der Waals surface area contributed by atoms with Gasteiger partial charge in [-0.25, -0.2) is 8.42 Å². The molecular formula is C28H25N2O5PS2. The van der Waals surface area contributed by atoms with Crippen LogP contribution < -0.4 is 18.5 Å². The molecule has 38 heavy (non-hydrogen) atoms. The van der Waals surface area contributed by atoms with Crippen molar-refractivity contribution in [2.75, 3.05) is 22.9 Å². The molecule has 0 radical (unpaired) electrons. The fourth-order valence-electron chi connectivity index (χ4n) is 3.89. The largest absolute Gasteiger partial charge is 0.496 e. The maximum Gasteiger partial charge on any atom is 0.264 e. The van der Waals surface area contributed by atoms with E-state index in [1.54, 1.807) is 83.8 Å². The summed E-state index contributed by atoms with van der Waals surface area (Å²) in [6.45, 7) is -0.264. The molecule has 0 bridgehead atoms. The number of rotatable bonds is 11. The van der Waals surface area contributed by atoms with Crippen LogP contribution in [-0.2, 0) is 33.2 Å². The molecule has 0 N–H and O–H groups in total. The van der Waals surface area contributed by atoms with Gasteiger partial charge in [0.05, 0.1) is 24.2 Å². The fourth-order valence-corrected chi connectivity index (χ4v) is 5.79. The fraction of sp³-hybridized carbons (Fsp3) is 0.107. The van der Waals surface area contributed by atoms with Gasteiger partial charge in [0.25, 0.3) is 10.0 Å². The molecule has 7 nitrogen and oxygen atoms in total. The summed E-state index contributed by atoms with van der Waals surface area (Å²) in [7, 11) is -2.16. The molecule has 0 atom stereocenters. The van der Waals surface area contributed by atoms with Crippen LogP contribution in [0.1, 0.15) is 5.56 Å². The number of methoxy groups -OCH3 is 1. The molecule has 0 heterocycles. The van der Waals surface area contributed by atoms with Crippen LogP contribution in [0.2, 0.25) is 0 Å². The Bertz CT molecular complexity index is 1490. The molecule has 4 rings (SSSR count). The zero-order valence-electron chi connectivity index (χ0n) is 20.5. The Morgan fingerprint density at radius 3 is 2.00 bits per heavy atom. The van der Waals surface area contributed by atoms with Gasteiger partial charge in [-0.1, -0.05) is 54.6 Å². The molecule has 1 amide bonds. The zero-order valence-corrected chi connectivity index (χ0v) is 23.0. The van der Waals surface area contributed by atoms with Gasteiger partial charge in [-0.05, 0) is 60.3 Å². The number of sulfonamides is 1. The molecule has 194 valence electrons. The predicted octanol–water partition coefficient (Wildman–Crippen LogP) is 5.83. The van der Waals surface area contributed by atoms with Crippen LogP contribution in [0.5, 0.6) is 11.5 Å². The predicted molar refractivity (Wildman–Crippen MR) is 153 cm³/mol. The first kappa shape index (κ1) is 27.3. The van der Waals surface area contributed by atoms with Crippen LogP contribution in [0.4, 0.5) is 11.4 Å². The molecule has 0 spiro atoms. The normalized spacial score (nSPS) is 11.1. The second kappa shape index (κ2) is 12.6. The third-order valence-corrected chi connectivity index (χ3v) is 8.05. The minimum absolute atomic E-state index is 0.0983. The first-order valence-corrected chi connectivity index (χ1v) is 14.9. The van der Waals surface area contributed by atoms with Crippen molar-refractivity contribution in [2.45, 2.75) is 11.4 Å². The first-order chi connectivity index (χ1) is 18.4. The Balaban J connectivity index is 1.72. The number of carbonyl (C=O) groups is 1. The van der Waals surface area contributed by atoms with Crippen LogP contribution in [0.15, 0.2) is 114 Å². The van der Waals surface area contributed by atoms with Crippen molar-refractivity contribution in [2.24, 2.45) is 0 Å². The quantitative estimate of drug-likeness (QED) is 0.214. The Kier molecular flexibility index (Phi) is 9.07. The van der Waals surface area contributed by atoms with E-state index in [4.69, 9.17) is 21.1 Å². The third kappa shape index (κ3) is 6.37. The van der Waals surface area contributed by atoms with E-state index < -0.39 is 22.5 Å². The summed E-state index contributed by atoms with van der Waals surface area (Å²) in [5.41, 5.74) is 1.73. The minimum Gasteiger partial charge on any atom is -0.496 e. The molecule has 0 saturated heterocycles. The number of ether oxygens (including phenoxy) is 1. The molecule has 0 aliphatic carbocycles. The summed E-state index contributed by atoms with van der Waals surface area (Å²) < 4.78 is 39.5. The molecule has 0 saturated carbocycles. The summed E-state index contributed by atoms with van der Waals surface area (Å²) in [4.78, 5) is 15.6. The molecule has 0 fully saturated rings. The van der Waals surface area contributed by atoms with Gasteiger partial charge in [-0.2, -0.15) is 0 Å². The van der Waals surface area contributed by atoms with Crippen molar-refractivity contribution >= 4 is 46.7 Å². The summed E-state index contributed by atoms with van der Waals surface area (Å²) in [6.07, 6.45) is 0. The maximum atomic E-state index is 13.9. The molecule has 0 aliphatic rings. The maximum absolute atomic E-state index is 13.9. The highest BCUT2D eigenvalue weighted by atomic mass is 32.4. The van der Waals surface area contributed by atoms with Gasteiger partial charge in [-0.15, -0.1) is 0 Å². The highest BCUT2D eigenvalue weighted by Gasteiger charge is 2.29. The monoisotopic (exact) mass is 564 g/mol. The molecular weight excluding hydrogens is 539 g/mol. The third-order valence-electron chi connectivity index (χ3n) is 5.75. The lowest BCUT2D eigenvalue weighted by molar-refractivity contribution is -0.117. The highest BCUT2D eigenvalue weighted by molar-refractivity contribution is 7.94. The number of hydrogen-bond acceptors (Lipinski definition) is 6. The van der Waals surface area contributed by atoms with Crippen molar-refractivity contribution in [3.8, 4) is 11.5 Å². The summed E-state index contributed by atoms with van der Waals surface area (Å²) in [6, 6.07) is 31.0. The molecule has 10 heteroatoms. The van der Waals surface area contributed by atoms with Crippen molar-refractivity contribution < 1.29 is 22.5 Å². The molecule has 0 unspecified atom stereocenters. The molecule has 0 aliphatic heterocycles. The van der Waals surface area contributed by atoms with E-state index in [1.165, 1.54) is 19.2 Å². The van der Waals surface area contributed by atoms with E-state index >= 15 is 0 Å². The lowest BCUT2D eigenvalue weighted by atomic mass is 10.1. The van der Waals surface area contributed by atoms with Crippen molar-refractivity contribution in [1.29, 1.82) is 0 Å². The second-order valence-electron chi connectivity index (χ2n) is 8.12. The van der Waals surface area contributed by atoms with Crippen LogP contribution in [0.3, 0.4) is 0 Å². The summed E-state index contributed by atoms with van der Waals surface area (Å²) in [5.74, 6) is 0.654. The molecule has 4 aromatic rings. The Morgan fingerprint density at radius 1 is 0.842 bits per heavy atom.